The average Bonchev–Trinajstić information content (AvgIpc) is 2.18. The fraction of sp³-hybridized carbons (Fsp3) is 0.333. The number of benzene rings is 1. The van der Waals surface area contributed by atoms with Crippen molar-refractivity contribution in [2.45, 2.75) is 33.6 Å². The summed E-state index contributed by atoms with van der Waals surface area (Å²) in [5.41, 5.74) is 6.36. The SMILES string of the molecule is C=C(C)CCC(=C)c1cc(C)ccc1C. The zero-order valence-corrected chi connectivity index (χ0v) is 10.1. The lowest BCUT2D eigenvalue weighted by Gasteiger charge is -2.10. The van der Waals surface area contributed by atoms with Crippen molar-refractivity contribution in [3.05, 3.63) is 53.6 Å². The molecule has 0 aromatic heterocycles. The summed E-state index contributed by atoms with van der Waals surface area (Å²) in [4.78, 5) is 0. The first-order chi connectivity index (χ1) is 7.00. The molecule has 0 saturated carbocycles. The van der Waals surface area contributed by atoms with E-state index in [2.05, 4.69) is 52.1 Å². The van der Waals surface area contributed by atoms with Gasteiger partial charge in [-0.25, -0.2) is 0 Å². The van der Waals surface area contributed by atoms with Crippen molar-refractivity contribution in [2.24, 2.45) is 0 Å². The van der Waals surface area contributed by atoms with E-state index in [0.29, 0.717) is 0 Å². The molecule has 0 bridgehead atoms. The Balaban J connectivity index is 2.81. The first-order valence-corrected chi connectivity index (χ1v) is 5.40. The molecule has 0 unspecified atom stereocenters. The second-order valence-electron chi connectivity index (χ2n) is 4.38. The Bertz CT molecular complexity index is 383. The minimum absolute atomic E-state index is 1.01. The third-order valence-electron chi connectivity index (χ3n) is 2.63. The lowest BCUT2D eigenvalue weighted by Crippen LogP contribution is -1.90. The number of hydrogen-bond acceptors (Lipinski definition) is 0. The topological polar surface area (TPSA) is 0 Å². The molecule has 0 radical (unpaired) electrons. The van der Waals surface area contributed by atoms with E-state index in [1.54, 1.807) is 0 Å². The van der Waals surface area contributed by atoms with Crippen molar-refractivity contribution in [2.75, 3.05) is 0 Å². The van der Waals surface area contributed by atoms with Crippen LogP contribution in [-0.2, 0) is 0 Å². The molecule has 0 aliphatic heterocycles. The Hall–Kier alpha value is -1.30. The quantitative estimate of drug-likeness (QED) is 0.619. The molecule has 0 atom stereocenters. The Morgan fingerprint density at radius 2 is 1.80 bits per heavy atom. The van der Waals surface area contributed by atoms with Gasteiger partial charge in [0.2, 0.25) is 0 Å². The highest BCUT2D eigenvalue weighted by Crippen LogP contribution is 2.23. The van der Waals surface area contributed by atoms with Crippen LogP contribution in [0.15, 0.2) is 36.9 Å². The molecule has 0 saturated heterocycles. The summed E-state index contributed by atoms with van der Waals surface area (Å²) in [6.07, 6.45) is 2.05. The van der Waals surface area contributed by atoms with E-state index in [-0.39, 0.29) is 0 Å². The maximum absolute atomic E-state index is 4.16. The molecular weight excluding hydrogens is 180 g/mol. The van der Waals surface area contributed by atoms with Crippen LogP contribution in [0.1, 0.15) is 36.5 Å². The molecule has 1 aromatic rings. The molecule has 0 N–H and O–H groups in total. The standard InChI is InChI=1S/C15H20/c1-11(2)6-8-13(4)15-10-12(3)7-9-14(15)5/h7,9-10H,1,4,6,8H2,2-3,5H3. The smallest absolute Gasteiger partial charge is 0.0198 e. The Kier molecular flexibility index (Phi) is 3.90. The van der Waals surface area contributed by atoms with Gasteiger partial charge in [0.05, 0.1) is 0 Å². The van der Waals surface area contributed by atoms with Gasteiger partial charge in [-0.05, 0) is 50.3 Å². The van der Waals surface area contributed by atoms with Crippen LogP contribution in [0.3, 0.4) is 0 Å². The van der Waals surface area contributed by atoms with Gasteiger partial charge in [0.15, 0.2) is 0 Å². The van der Waals surface area contributed by atoms with Gasteiger partial charge in [0, 0.05) is 0 Å². The van der Waals surface area contributed by atoms with Gasteiger partial charge in [-0.1, -0.05) is 35.9 Å². The number of aryl methyl sites for hydroxylation is 2. The molecule has 0 nitrogen and oxygen atoms in total. The number of hydrogen-bond donors (Lipinski definition) is 0. The summed E-state index contributed by atoms with van der Waals surface area (Å²) >= 11 is 0. The Morgan fingerprint density at radius 1 is 1.13 bits per heavy atom. The molecule has 15 heavy (non-hydrogen) atoms. The molecule has 0 amide bonds. The van der Waals surface area contributed by atoms with Gasteiger partial charge in [-0.3, -0.25) is 0 Å². The second kappa shape index (κ2) is 4.97. The predicted octanol–water partition coefficient (Wildman–Crippen LogP) is 4.67. The fourth-order valence-electron chi connectivity index (χ4n) is 1.62. The minimum Gasteiger partial charge on any atom is -0.100 e. The second-order valence-corrected chi connectivity index (χ2v) is 4.38. The van der Waals surface area contributed by atoms with Gasteiger partial charge in [0.25, 0.3) is 0 Å². The van der Waals surface area contributed by atoms with Crippen LogP contribution in [0.2, 0.25) is 0 Å². The summed E-state index contributed by atoms with van der Waals surface area (Å²) < 4.78 is 0. The lowest BCUT2D eigenvalue weighted by atomic mass is 9.95. The maximum atomic E-state index is 4.16. The van der Waals surface area contributed by atoms with E-state index in [1.807, 2.05) is 0 Å². The Morgan fingerprint density at radius 3 is 2.40 bits per heavy atom. The van der Waals surface area contributed by atoms with Crippen molar-refractivity contribution < 1.29 is 0 Å². The van der Waals surface area contributed by atoms with Crippen LogP contribution < -0.4 is 0 Å². The van der Waals surface area contributed by atoms with Gasteiger partial charge in [-0.15, -0.1) is 6.58 Å². The highest BCUT2D eigenvalue weighted by atomic mass is 14.1. The molecule has 0 heteroatoms. The normalized spacial score (nSPS) is 10.1. The summed E-state index contributed by atoms with van der Waals surface area (Å²) in [5, 5.41) is 0. The van der Waals surface area contributed by atoms with E-state index in [9.17, 15) is 0 Å². The van der Waals surface area contributed by atoms with Crippen molar-refractivity contribution in [1.82, 2.24) is 0 Å². The van der Waals surface area contributed by atoms with E-state index < -0.39 is 0 Å². The zero-order valence-electron chi connectivity index (χ0n) is 10.1. The van der Waals surface area contributed by atoms with Crippen LogP contribution >= 0.6 is 0 Å². The van der Waals surface area contributed by atoms with Gasteiger partial charge in [-0.2, -0.15) is 0 Å². The van der Waals surface area contributed by atoms with Crippen LogP contribution in [0.25, 0.3) is 5.57 Å². The molecule has 0 aliphatic carbocycles. The minimum atomic E-state index is 1.01. The molecule has 80 valence electrons. The number of allylic oxidation sites excluding steroid dienone is 2. The van der Waals surface area contributed by atoms with E-state index in [1.165, 1.54) is 27.8 Å². The van der Waals surface area contributed by atoms with E-state index in [0.717, 1.165) is 12.8 Å². The predicted molar refractivity (Wildman–Crippen MR) is 69.0 cm³/mol. The monoisotopic (exact) mass is 200 g/mol. The summed E-state index contributed by atoms with van der Waals surface area (Å²) in [7, 11) is 0. The molecule has 0 spiro atoms. The van der Waals surface area contributed by atoms with Crippen LogP contribution in [0.4, 0.5) is 0 Å². The molecule has 0 heterocycles. The maximum Gasteiger partial charge on any atom is -0.0198 e. The van der Waals surface area contributed by atoms with E-state index in [4.69, 9.17) is 0 Å². The van der Waals surface area contributed by atoms with Crippen molar-refractivity contribution in [3.63, 3.8) is 0 Å². The van der Waals surface area contributed by atoms with Gasteiger partial charge < -0.3 is 0 Å². The number of rotatable bonds is 4. The third kappa shape index (κ3) is 3.39. The molecule has 0 fully saturated rings. The summed E-state index contributed by atoms with van der Waals surface area (Å²) in [6.45, 7) is 14.4. The van der Waals surface area contributed by atoms with Crippen molar-refractivity contribution in [1.29, 1.82) is 0 Å². The molecule has 1 aromatic carbocycles. The first-order valence-electron chi connectivity index (χ1n) is 5.40. The van der Waals surface area contributed by atoms with Crippen molar-refractivity contribution in [3.8, 4) is 0 Å². The Labute approximate surface area is 93.3 Å². The highest BCUT2D eigenvalue weighted by Gasteiger charge is 2.03. The fourth-order valence-corrected chi connectivity index (χ4v) is 1.62. The molecule has 1 rings (SSSR count). The average molecular weight is 200 g/mol. The van der Waals surface area contributed by atoms with E-state index >= 15 is 0 Å². The van der Waals surface area contributed by atoms with Crippen LogP contribution in [-0.4, -0.2) is 0 Å². The van der Waals surface area contributed by atoms with Crippen molar-refractivity contribution >= 4 is 5.57 Å². The zero-order chi connectivity index (χ0) is 11.4. The lowest BCUT2D eigenvalue weighted by molar-refractivity contribution is 0.998. The summed E-state index contributed by atoms with van der Waals surface area (Å²) in [6, 6.07) is 6.53. The molecular formula is C15H20. The third-order valence-corrected chi connectivity index (χ3v) is 2.63. The summed E-state index contributed by atoms with van der Waals surface area (Å²) in [5.74, 6) is 0. The molecule has 0 aliphatic rings. The van der Waals surface area contributed by atoms with Gasteiger partial charge >= 0.3 is 0 Å². The highest BCUT2D eigenvalue weighted by molar-refractivity contribution is 5.66. The van der Waals surface area contributed by atoms with Crippen LogP contribution in [0.5, 0.6) is 0 Å². The van der Waals surface area contributed by atoms with Crippen LogP contribution in [0, 0.1) is 13.8 Å². The van der Waals surface area contributed by atoms with Gasteiger partial charge in [0.1, 0.15) is 0 Å². The first kappa shape index (κ1) is 11.8. The largest absolute Gasteiger partial charge is 0.100 e.